The maximum Gasteiger partial charge on any atom is 0.227 e. The number of aryl methyl sites for hydroxylation is 1. The van der Waals surface area contributed by atoms with Gasteiger partial charge < -0.3 is 9.84 Å². The molecule has 1 aliphatic heterocycles. The molecule has 0 spiro atoms. The molecule has 0 radical (unpaired) electrons. The Morgan fingerprint density at radius 1 is 1.14 bits per heavy atom. The lowest BCUT2D eigenvalue weighted by molar-refractivity contribution is -0.121. The molecule has 7 heteroatoms. The highest BCUT2D eigenvalue weighted by atomic mass is 32.1. The summed E-state index contributed by atoms with van der Waals surface area (Å²) >= 11 is 1.59. The molecule has 2 aromatic heterocycles. The quantitative estimate of drug-likeness (QED) is 0.607. The minimum Gasteiger partial charge on any atom is -0.352 e. The number of aromatic nitrogens is 2. The Bertz CT molecular complexity index is 917. The van der Waals surface area contributed by atoms with Crippen LogP contribution in [-0.4, -0.2) is 34.0 Å². The van der Waals surface area contributed by atoms with E-state index in [9.17, 15) is 4.79 Å². The van der Waals surface area contributed by atoms with Gasteiger partial charge in [-0.3, -0.25) is 9.69 Å². The molecule has 4 rings (SSSR count). The molecular formula is C22H26N4O2S. The number of thiophene rings is 1. The minimum atomic E-state index is -0.00643. The Hall–Kier alpha value is -2.51. The second-order valence-corrected chi connectivity index (χ2v) is 8.19. The van der Waals surface area contributed by atoms with Crippen molar-refractivity contribution in [1.29, 1.82) is 0 Å². The van der Waals surface area contributed by atoms with Gasteiger partial charge in [-0.05, 0) is 48.5 Å². The van der Waals surface area contributed by atoms with Crippen LogP contribution >= 0.6 is 11.3 Å². The van der Waals surface area contributed by atoms with Crippen molar-refractivity contribution in [2.75, 3.05) is 13.1 Å². The average molecular weight is 411 g/mol. The summed E-state index contributed by atoms with van der Waals surface area (Å²) in [6.45, 7) is 3.84. The molecule has 1 aliphatic rings. The summed E-state index contributed by atoms with van der Waals surface area (Å²) in [5, 5.41) is 11.0. The van der Waals surface area contributed by atoms with Crippen molar-refractivity contribution in [2.45, 2.75) is 45.2 Å². The smallest absolute Gasteiger partial charge is 0.227 e. The van der Waals surface area contributed by atoms with E-state index in [-0.39, 0.29) is 5.91 Å². The molecule has 0 aliphatic carbocycles. The number of carbonyl (C=O) groups is 1. The van der Waals surface area contributed by atoms with Gasteiger partial charge in [0.05, 0.1) is 0 Å². The summed E-state index contributed by atoms with van der Waals surface area (Å²) in [7, 11) is 0. The molecule has 29 heavy (non-hydrogen) atoms. The number of nitrogens with one attached hydrogen (secondary N) is 1. The van der Waals surface area contributed by atoms with Gasteiger partial charge in [-0.25, -0.2) is 0 Å². The van der Waals surface area contributed by atoms with Gasteiger partial charge in [-0.2, -0.15) is 16.3 Å². The van der Waals surface area contributed by atoms with Crippen molar-refractivity contribution < 1.29 is 9.32 Å². The number of carbonyl (C=O) groups excluding carboxylic acids is 1. The first-order chi connectivity index (χ1) is 14.3. The van der Waals surface area contributed by atoms with Crippen LogP contribution in [0, 0.1) is 0 Å². The Balaban J connectivity index is 1.26. The molecule has 6 nitrogen and oxygen atoms in total. The lowest BCUT2D eigenvalue weighted by Gasteiger charge is -2.27. The van der Waals surface area contributed by atoms with Gasteiger partial charge in [0.1, 0.15) is 0 Å². The second-order valence-electron chi connectivity index (χ2n) is 7.41. The van der Waals surface area contributed by atoms with Crippen LogP contribution in [0.25, 0.3) is 11.4 Å². The van der Waals surface area contributed by atoms with Crippen molar-refractivity contribution in [3.8, 4) is 11.4 Å². The maximum absolute atomic E-state index is 12.3. The van der Waals surface area contributed by atoms with E-state index in [0.717, 1.165) is 25.2 Å². The molecule has 3 aromatic rings. The highest BCUT2D eigenvalue weighted by molar-refractivity contribution is 7.08. The molecule has 0 atom stereocenters. The highest BCUT2D eigenvalue weighted by Crippen LogP contribution is 2.19. The molecule has 3 heterocycles. The molecule has 1 N–H and O–H groups in total. The first kappa shape index (κ1) is 19.8. The molecule has 1 aromatic carbocycles. The third-order valence-electron chi connectivity index (χ3n) is 5.25. The van der Waals surface area contributed by atoms with Gasteiger partial charge in [-0.15, -0.1) is 0 Å². The number of hydrogen-bond acceptors (Lipinski definition) is 6. The number of nitrogens with zero attached hydrogens (tertiary/aromatic N) is 3. The summed E-state index contributed by atoms with van der Waals surface area (Å²) in [4.78, 5) is 19.2. The summed E-state index contributed by atoms with van der Waals surface area (Å²) in [5.74, 6) is 1.06. The van der Waals surface area contributed by atoms with Crippen LogP contribution in [0.15, 0.2) is 45.6 Å². The normalized spacial score (nSPS) is 14.8. The van der Waals surface area contributed by atoms with Gasteiger partial charge in [0.2, 0.25) is 17.6 Å². The standard InChI is InChI=1S/C22H26N4O2S/c27-20(8-9-21-24-22(25-28-21)19-10-13-29-16-19)23-14-17-6-2-3-7-18(17)15-26-11-4-1-5-12-26/h2-3,6-7,10,13,16H,1,4-5,8-9,11-12,14-15H2,(H,23,27). The van der Waals surface area contributed by atoms with Crippen LogP contribution in [0.2, 0.25) is 0 Å². The topological polar surface area (TPSA) is 71.3 Å². The molecule has 1 saturated heterocycles. The highest BCUT2D eigenvalue weighted by Gasteiger charge is 2.14. The van der Waals surface area contributed by atoms with E-state index < -0.39 is 0 Å². The zero-order valence-electron chi connectivity index (χ0n) is 16.5. The van der Waals surface area contributed by atoms with Gasteiger partial charge in [0.15, 0.2) is 0 Å². The fraction of sp³-hybridized carbons (Fsp3) is 0.409. The van der Waals surface area contributed by atoms with Crippen LogP contribution in [0.3, 0.4) is 0 Å². The molecule has 152 valence electrons. The first-order valence-electron chi connectivity index (χ1n) is 10.2. The van der Waals surface area contributed by atoms with Crippen LogP contribution in [0.4, 0.5) is 0 Å². The van der Waals surface area contributed by atoms with Gasteiger partial charge in [0.25, 0.3) is 0 Å². The number of piperidine rings is 1. The van der Waals surface area contributed by atoms with Crippen LogP contribution in [0.1, 0.15) is 42.7 Å². The summed E-state index contributed by atoms with van der Waals surface area (Å²) < 4.78 is 5.26. The monoisotopic (exact) mass is 410 g/mol. The maximum atomic E-state index is 12.3. The Morgan fingerprint density at radius 3 is 2.76 bits per heavy atom. The third-order valence-corrected chi connectivity index (χ3v) is 5.93. The Morgan fingerprint density at radius 2 is 1.97 bits per heavy atom. The zero-order chi connectivity index (χ0) is 19.9. The largest absolute Gasteiger partial charge is 0.352 e. The number of likely N-dealkylation sites (tertiary alicyclic amines) is 1. The molecule has 0 unspecified atom stereocenters. The molecule has 1 fully saturated rings. The third kappa shape index (κ3) is 5.52. The SMILES string of the molecule is O=C(CCc1nc(-c2ccsc2)no1)NCc1ccccc1CN1CCCCC1. The lowest BCUT2D eigenvalue weighted by Crippen LogP contribution is -2.30. The Labute approximate surface area is 174 Å². The van der Waals surface area contributed by atoms with Crippen molar-refractivity contribution in [2.24, 2.45) is 0 Å². The fourth-order valence-electron chi connectivity index (χ4n) is 3.61. The average Bonchev–Trinajstić information content (AvgIpc) is 3.44. The first-order valence-corrected chi connectivity index (χ1v) is 11.1. The zero-order valence-corrected chi connectivity index (χ0v) is 17.3. The van der Waals surface area contributed by atoms with E-state index >= 15 is 0 Å². The van der Waals surface area contributed by atoms with E-state index in [1.54, 1.807) is 11.3 Å². The number of rotatable bonds is 8. The van der Waals surface area contributed by atoms with Crippen LogP contribution < -0.4 is 5.32 Å². The van der Waals surface area contributed by atoms with Crippen LogP contribution in [0.5, 0.6) is 0 Å². The fourth-order valence-corrected chi connectivity index (χ4v) is 4.24. The van der Waals surface area contributed by atoms with Crippen molar-refractivity contribution in [1.82, 2.24) is 20.4 Å². The molecule has 0 saturated carbocycles. The van der Waals surface area contributed by atoms with Crippen molar-refractivity contribution in [3.63, 3.8) is 0 Å². The predicted molar refractivity (Wildman–Crippen MR) is 113 cm³/mol. The van der Waals surface area contributed by atoms with Crippen molar-refractivity contribution in [3.05, 3.63) is 58.1 Å². The molecular weight excluding hydrogens is 384 g/mol. The van der Waals surface area contributed by atoms with E-state index in [4.69, 9.17) is 4.52 Å². The second kappa shape index (κ2) is 9.80. The number of hydrogen-bond donors (Lipinski definition) is 1. The van der Waals surface area contributed by atoms with Gasteiger partial charge in [0, 0.05) is 36.9 Å². The van der Waals surface area contributed by atoms with Crippen molar-refractivity contribution >= 4 is 17.2 Å². The predicted octanol–water partition coefficient (Wildman–Crippen LogP) is 4.03. The summed E-state index contributed by atoms with van der Waals surface area (Å²) in [6, 6.07) is 10.3. The van der Waals surface area contributed by atoms with E-state index in [2.05, 4.69) is 38.6 Å². The van der Waals surface area contributed by atoms with E-state index in [1.165, 1.54) is 30.4 Å². The summed E-state index contributed by atoms with van der Waals surface area (Å²) in [5.41, 5.74) is 3.43. The number of benzene rings is 1. The lowest BCUT2D eigenvalue weighted by atomic mass is 10.0. The van der Waals surface area contributed by atoms with Gasteiger partial charge in [-0.1, -0.05) is 35.8 Å². The van der Waals surface area contributed by atoms with Gasteiger partial charge >= 0.3 is 0 Å². The van der Waals surface area contributed by atoms with Crippen LogP contribution in [-0.2, 0) is 24.3 Å². The van der Waals surface area contributed by atoms with E-state index in [0.29, 0.717) is 31.1 Å². The van der Waals surface area contributed by atoms with E-state index in [1.807, 2.05) is 22.9 Å². The summed E-state index contributed by atoms with van der Waals surface area (Å²) in [6.07, 6.45) is 4.67. The number of amides is 1. The molecule has 1 amide bonds. The Kier molecular flexibility index (Phi) is 6.69. The molecule has 0 bridgehead atoms. The minimum absolute atomic E-state index is 0.00643.